The van der Waals surface area contributed by atoms with Crippen LogP contribution in [0.15, 0.2) is 72.9 Å². The summed E-state index contributed by atoms with van der Waals surface area (Å²) in [7, 11) is 0. The number of carbonyl (C=O) groups excluding carboxylic acids is 3. The highest BCUT2D eigenvalue weighted by atomic mass is 16.6. The number of rotatable bonds is 53. The van der Waals surface area contributed by atoms with Crippen LogP contribution in [0.25, 0.3) is 0 Å². The van der Waals surface area contributed by atoms with Gasteiger partial charge < -0.3 is 14.2 Å². The molecule has 0 spiro atoms. The van der Waals surface area contributed by atoms with Crippen LogP contribution >= 0.6 is 0 Å². The lowest BCUT2D eigenvalue weighted by atomic mass is 10.0. The van der Waals surface area contributed by atoms with E-state index in [0.29, 0.717) is 12.8 Å². The van der Waals surface area contributed by atoms with Crippen LogP contribution in [0.1, 0.15) is 290 Å². The van der Waals surface area contributed by atoms with Gasteiger partial charge in [-0.05, 0) is 70.6 Å². The van der Waals surface area contributed by atoms with E-state index in [1.807, 2.05) is 6.08 Å². The second-order valence-electron chi connectivity index (χ2n) is 19.5. The lowest BCUT2D eigenvalue weighted by molar-refractivity contribution is -0.166. The van der Waals surface area contributed by atoms with E-state index in [-0.39, 0.29) is 31.6 Å². The van der Waals surface area contributed by atoms with Gasteiger partial charge >= 0.3 is 17.9 Å². The Hall–Kier alpha value is -3.15. The summed E-state index contributed by atoms with van der Waals surface area (Å²) in [5.74, 6) is -1.03. The minimum atomic E-state index is -0.816. The molecule has 0 radical (unpaired) electrons. The quantitative estimate of drug-likeness (QED) is 0.0262. The Bertz CT molecular complexity index is 1290. The number of allylic oxidation sites excluding steroid dienone is 11. The van der Waals surface area contributed by atoms with Crippen molar-refractivity contribution >= 4 is 17.9 Å². The molecule has 0 aliphatic rings. The maximum Gasteiger partial charge on any atom is 0.309 e. The van der Waals surface area contributed by atoms with Gasteiger partial charge in [0, 0.05) is 12.8 Å². The molecule has 0 amide bonds. The van der Waals surface area contributed by atoms with E-state index < -0.39 is 12.1 Å². The molecule has 1 unspecified atom stereocenters. The number of hydrogen-bond donors (Lipinski definition) is 0. The molecule has 0 aliphatic heterocycles. The van der Waals surface area contributed by atoms with Crippen LogP contribution in [-0.4, -0.2) is 37.2 Å². The van der Waals surface area contributed by atoms with E-state index in [4.69, 9.17) is 14.2 Å². The molecule has 0 rings (SSSR count). The molecule has 0 bridgehead atoms. The molecule has 6 heteroatoms. The summed E-state index contributed by atoms with van der Waals surface area (Å²) in [6.07, 6.45) is 73.5. The normalized spacial score (nSPS) is 12.6. The van der Waals surface area contributed by atoms with Gasteiger partial charge in [0.15, 0.2) is 6.10 Å². The number of unbranched alkanes of at least 4 members (excludes halogenated alkanes) is 31. The van der Waals surface area contributed by atoms with E-state index in [1.165, 1.54) is 180 Å². The highest BCUT2D eigenvalue weighted by Crippen LogP contribution is 2.16. The second-order valence-corrected chi connectivity index (χ2v) is 19.5. The van der Waals surface area contributed by atoms with E-state index in [1.54, 1.807) is 6.08 Å². The van der Waals surface area contributed by atoms with Gasteiger partial charge in [-0.25, -0.2) is 0 Å². The Labute approximate surface area is 427 Å². The summed E-state index contributed by atoms with van der Waals surface area (Å²) < 4.78 is 16.8. The highest BCUT2D eigenvalue weighted by molar-refractivity contribution is 5.72. The summed E-state index contributed by atoms with van der Waals surface area (Å²) in [5.41, 5.74) is 0. The molecular formula is C63H110O6. The fraction of sp³-hybridized carbons (Fsp3) is 0.762. The topological polar surface area (TPSA) is 78.9 Å². The predicted octanol–water partition coefficient (Wildman–Crippen LogP) is 19.8. The molecule has 398 valence electrons. The highest BCUT2D eigenvalue weighted by Gasteiger charge is 2.19. The predicted molar refractivity (Wildman–Crippen MR) is 298 cm³/mol. The third-order valence-electron chi connectivity index (χ3n) is 12.7. The molecule has 0 aromatic heterocycles. The fourth-order valence-electron chi connectivity index (χ4n) is 8.34. The SMILES string of the molecule is CC/C=C\C/C=C\C/C=C\C/C=C\C/C=C\CC(=O)OCC(COC(=O)CCCCCCCCCCCCCCCCCCCCC)OC(=O)CCCCCCCCC/C=C\CCCCCCCC. The van der Waals surface area contributed by atoms with Crippen molar-refractivity contribution in [3.8, 4) is 0 Å². The smallest absolute Gasteiger partial charge is 0.309 e. The minimum absolute atomic E-state index is 0.104. The third kappa shape index (κ3) is 55.6. The van der Waals surface area contributed by atoms with Gasteiger partial charge in [-0.2, -0.15) is 0 Å². The molecular weight excluding hydrogens is 853 g/mol. The minimum Gasteiger partial charge on any atom is -0.462 e. The number of esters is 3. The number of hydrogen-bond acceptors (Lipinski definition) is 6. The summed E-state index contributed by atoms with van der Waals surface area (Å²) in [4.78, 5) is 38.1. The molecule has 0 aromatic carbocycles. The van der Waals surface area contributed by atoms with Crippen molar-refractivity contribution in [3.63, 3.8) is 0 Å². The number of ether oxygens (including phenoxy) is 3. The van der Waals surface area contributed by atoms with E-state index >= 15 is 0 Å². The van der Waals surface area contributed by atoms with Crippen molar-refractivity contribution in [1.29, 1.82) is 0 Å². The largest absolute Gasteiger partial charge is 0.462 e. The molecule has 0 saturated carbocycles. The lowest BCUT2D eigenvalue weighted by Crippen LogP contribution is -2.30. The molecule has 69 heavy (non-hydrogen) atoms. The molecule has 6 nitrogen and oxygen atoms in total. The molecule has 0 saturated heterocycles. The first kappa shape index (κ1) is 65.8. The van der Waals surface area contributed by atoms with Crippen molar-refractivity contribution in [2.24, 2.45) is 0 Å². The van der Waals surface area contributed by atoms with Gasteiger partial charge in [0.1, 0.15) is 13.2 Å². The van der Waals surface area contributed by atoms with E-state index in [2.05, 4.69) is 81.5 Å². The maximum absolute atomic E-state index is 12.9. The fourth-order valence-corrected chi connectivity index (χ4v) is 8.34. The average Bonchev–Trinajstić information content (AvgIpc) is 3.35. The molecule has 0 aromatic rings. The van der Waals surface area contributed by atoms with Crippen molar-refractivity contribution in [3.05, 3.63) is 72.9 Å². The Morgan fingerprint density at radius 3 is 1.00 bits per heavy atom. The maximum atomic E-state index is 12.9. The molecule has 0 heterocycles. The Balaban J connectivity index is 4.44. The third-order valence-corrected chi connectivity index (χ3v) is 12.7. The summed E-state index contributed by atoms with van der Waals surface area (Å²) in [6, 6.07) is 0. The first-order chi connectivity index (χ1) is 34.0. The van der Waals surface area contributed by atoms with Crippen LogP contribution in [0.2, 0.25) is 0 Å². The average molecular weight is 964 g/mol. The molecule has 1 atom stereocenters. The molecule has 0 aliphatic carbocycles. The van der Waals surface area contributed by atoms with E-state index in [9.17, 15) is 14.4 Å². The zero-order valence-corrected chi connectivity index (χ0v) is 45.6. The van der Waals surface area contributed by atoms with Crippen LogP contribution in [-0.2, 0) is 28.6 Å². The van der Waals surface area contributed by atoms with Crippen molar-refractivity contribution < 1.29 is 28.6 Å². The monoisotopic (exact) mass is 963 g/mol. The summed E-state index contributed by atoms with van der Waals surface area (Å²) >= 11 is 0. The van der Waals surface area contributed by atoms with Crippen LogP contribution in [0, 0.1) is 0 Å². The van der Waals surface area contributed by atoms with Gasteiger partial charge in [0.05, 0.1) is 6.42 Å². The first-order valence-corrected chi connectivity index (χ1v) is 29.4. The van der Waals surface area contributed by atoms with Gasteiger partial charge in [-0.1, -0.05) is 273 Å². The van der Waals surface area contributed by atoms with Crippen molar-refractivity contribution in [2.45, 2.75) is 297 Å². The van der Waals surface area contributed by atoms with Gasteiger partial charge in [0.2, 0.25) is 0 Å². The van der Waals surface area contributed by atoms with Crippen LogP contribution < -0.4 is 0 Å². The van der Waals surface area contributed by atoms with Crippen LogP contribution in [0.5, 0.6) is 0 Å². The van der Waals surface area contributed by atoms with Crippen molar-refractivity contribution in [1.82, 2.24) is 0 Å². The van der Waals surface area contributed by atoms with Gasteiger partial charge in [-0.15, -0.1) is 0 Å². The lowest BCUT2D eigenvalue weighted by Gasteiger charge is -2.18. The van der Waals surface area contributed by atoms with Crippen molar-refractivity contribution in [2.75, 3.05) is 13.2 Å². The summed E-state index contributed by atoms with van der Waals surface area (Å²) in [6.45, 7) is 6.46. The van der Waals surface area contributed by atoms with Gasteiger partial charge in [0.25, 0.3) is 0 Å². The Kier molecular flexibility index (Phi) is 54.8. The van der Waals surface area contributed by atoms with Crippen LogP contribution in [0.3, 0.4) is 0 Å². The zero-order valence-electron chi connectivity index (χ0n) is 45.6. The zero-order chi connectivity index (χ0) is 50.0. The second kappa shape index (κ2) is 57.4. The Morgan fingerprint density at radius 2 is 0.623 bits per heavy atom. The Morgan fingerprint density at radius 1 is 0.319 bits per heavy atom. The molecule has 0 N–H and O–H groups in total. The van der Waals surface area contributed by atoms with Crippen LogP contribution in [0.4, 0.5) is 0 Å². The summed E-state index contributed by atoms with van der Waals surface area (Å²) in [5, 5.41) is 0. The molecule has 0 fully saturated rings. The van der Waals surface area contributed by atoms with Gasteiger partial charge in [-0.3, -0.25) is 14.4 Å². The number of carbonyl (C=O) groups is 3. The standard InChI is InChI=1S/C63H110O6/c1-4-7-10-13-16-19-22-25-28-30-31-33-35-38-41-44-47-50-53-56-62(65)68-59-60(58-67-61(64)55-52-49-46-43-40-37-34-27-24-21-18-15-12-9-6-3)69-63(66)57-54-51-48-45-42-39-36-32-29-26-23-20-17-14-11-8-5-2/h9,12,18,21,26-27,29,34,40,43,49,52,60H,4-8,10-11,13-17,19-20,22-25,28,30-33,35-39,41-42,44-48,50-51,53-59H2,1-3H3/b12-9-,21-18-,29-26-,34-27-,43-40-,52-49-. The first-order valence-electron chi connectivity index (χ1n) is 29.4. The van der Waals surface area contributed by atoms with E-state index in [0.717, 1.165) is 70.6 Å².